The highest BCUT2D eigenvalue weighted by Crippen LogP contribution is 2.18. The number of fused-ring (bicyclic) bond motifs is 1. The summed E-state index contributed by atoms with van der Waals surface area (Å²) in [7, 11) is 0. The summed E-state index contributed by atoms with van der Waals surface area (Å²) in [6.07, 6.45) is 0. The van der Waals surface area contributed by atoms with Crippen LogP contribution in [-0.2, 0) is 0 Å². The molecular weight excluding hydrogens is 248 g/mol. The highest BCUT2D eigenvalue weighted by molar-refractivity contribution is 7.71. The van der Waals surface area contributed by atoms with Crippen LogP contribution in [0.3, 0.4) is 0 Å². The lowest BCUT2D eigenvalue weighted by atomic mass is 10.1. The van der Waals surface area contributed by atoms with Crippen molar-refractivity contribution in [2.24, 2.45) is 0 Å². The van der Waals surface area contributed by atoms with E-state index < -0.39 is 0 Å². The normalized spacial score (nSPS) is 10.9. The topological polar surface area (TPSA) is 65.9 Å². The van der Waals surface area contributed by atoms with E-state index in [0.717, 1.165) is 11.3 Å². The molecule has 2 N–H and O–H groups in total. The summed E-state index contributed by atoms with van der Waals surface area (Å²) >= 11 is 4.88. The first-order valence-corrected chi connectivity index (χ1v) is 5.83. The molecule has 2 aromatic heterocycles. The standard InChI is InChI=1S/C12H10N4OS/c1-7-2-4-8(5-3-7)9-6-10-13-11(18)14-12(17)16(10)15-9/h2-6,15H,1H3,(H,14,17,18). The van der Waals surface area contributed by atoms with Gasteiger partial charge in [-0.25, -0.2) is 9.78 Å². The maximum Gasteiger partial charge on any atom is 0.348 e. The average Bonchev–Trinajstić information content (AvgIpc) is 2.74. The van der Waals surface area contributed by atoms with Crippen LogP contribution in [0.1, 0.15) is 5.56 Å². The number of aryl methyl sites for hydroxylation is 1. The van der Waals surface area contributed by atoms with Crippen LogP contribution >= 0.6 is 12.2 Å². The first kappa shape index (κ1) is 10.9. The maximum absolute atomic E-state index is 11.7. The lowest BCUT2D eigenvalue weighted by Gasteiger charge is -1.97. The molecule has 0 spiro atoms. The second-order valence-corrected chi connectivity index (χ2v) is 4.46. The SMILES string of the molecule is Cc1ccc(-c2cc3nc(=S)[nH]c(=O)n3[nH]2)cc1. The minimum atomic E-state index is -0.316. The number of nitrogens with zero attached hydrogens (tertiary/aromatic N) is 2. The molecule has 2 heterocycles. The summed E-state index contributed by atoms with van der Waals surface area (Å²) in [5.41, 5.74) is 3.21. The third kappa shape index (κ3) is 1.76. The summed E-state index contributed by atoms with van der Waals surface area (Å²) < 4.78 is 1.53. The second-order valence-electron chi connectivity index (χ2n) is 4.08. The van der Waals surface area contributed by atoms with Gasteiger partial charge in [0.15, 0.2) is 5.65 Å². The summed E-state index contributed by atoms with van der Waals surface area (Å²) in [5, 5.41) is 2.99. The van der Waals surface area contributed by atoms with Crippen molar-refractivity contribution in [1.82, 2.24) is 19.6 Å². The molecule has 0 fully saturated rings. The van der Waals surface area contributed by atoms with Gasteiger partial charge in [-0.1, -0.05) is 29.8 Å². The van der Waals surface area contributed by atoms with Crippen LogP contribution in [-0.4, -0.2) is 19.6 Å². The zero-order valence-electron chi connectivity index (χ0n) is 9.60. The molecule has 3 rings (SSSR count). The minimum absolute atomic E-state index is 0.189. The molecule has 1 aromatic carbocycles. The third-order valence-electron chi connectivity index (χ3n) is 2.73. The number of H-pyrrole nitrogens is 2. The van der Waals surface area contributed by atoms with Gasteiger partial charge in [-0.05, 0) is 24.7 Å². The molecule has 0 aliphatic carbocycles. The summed E-state index contributed by atoms with van der Waals surface area (Å²) in [6, 6.07) is 9.81. The number of aromatic amines is 2. The molecule has 0 amide bonds. The fraction of sp³-hybridized carbons (Fsp3) is 0.0833. The van der Waals surface area contributed by atoms with Gasteiger partial charge in [0.1, 0.15) is 0 Å². The third-order valence-corrected chi connectivity index (χ3v) is 2.92. The van der Waals surface area contributed by atoms with Gasteiger partial charge < -0.3 is 0 Å². The molecule has 0 aliphatic rings. The molecule has 0 unspecified atom stereocenters. The first-order valence-electron chi connectivity index (χ1n) is 5.42. The van der Waals surface area contributed by atoms with Crippen molar-refractivity contribution in [2.45, 2.75) is 6.92 Å². The van der Waals surface area contributed by atoms with Crippen LogP contribution in [0.4, 0.5) is 0 Å². The van der Waals surface area contributed by atoms with Gasteiger partial charge in [-0.15, -0.1) is 0 Å². The van der Waals surface area contributed by atoms with E-state index in [4.69, 9.17) is 12.2 Å². The predicted octanol–water partition coefficient (Wildman–Crippen LogP) is 2.06. The van der Waals surface area contributed by atoms with E-state index in [-0.39, 0.29) is 10.5 Å². The molecule has 6 heteroatoms. The molecule has 5 nitrogen and oxygen atoms in total. The van der Waals surface area contributed by atoms with Crippen LogP contribution in [0.2, 0.25) is 0 Å². The smallest absolute Gasteiger partial charge is 0.288 e. The zero-order valence-corrected chi connectivity index (χ0v) is 10.4. The van der Waals surface area contributed by atoms with Gasteiger partial charge in [0.25, 0.3) is 0 Å². The summed E-state index contributed by atoms with van der Waals surface area (Å²) in [4.78, 5) is 18.2. The van der Waals surface area contributed by atoms with E-state index in [1.807, 2.05) is 31.2 Å². The minimum Gasteiger partial charge on any atom is -0.288 e. The van der Waals surface area contributed by atoms with Crippen molar-refractivity contribution in [3.05, 3.63) is 51.2 Å². The van der Waals surface area contributed by atoms with Crippen molar-refractivity contribution in [1.29, 1.82) is 0 Å². The Hall–Kier alpha value is -2.21. The van der Waals surface area contributed by atoms with Crippen LogP contribution in [0.25, 0.3) is 16.9 Å². The lowest BCUT2D eigenvalue weighted by Crippen LogP contribution is -2.18. The van der Waals surface area contributed by atoms with Crippen LogP contribution < -0.4 is 5.69 Å². The first-order chi connectivity index (χ1) is 8.63. The molecule has 3 aromatic rings. The molecule has 0 bridgehead atoms. The highest BCUT2D eigenvalue weighted by Gasteiger charge is 2.05. The van der Waals surface area contributed by atoms with E-state index in [2.05, 4.69) is 15.1 Å². The predicted molar refractivity (Wildman–Crippen MR) is 71.2 cm³/mol. The lowest BCUT2D eigenvalue weighted by molar-refractivity contribution is 0.836. The molecule has 18 heavy (non-hydrogen) atoms. The van der Waals surface area contributed by atoms with Crippen molar-refractivity contribution in [3.8, 4) is 11.3 Å². The van der Waals surface area contributed by atoms with E-state index in [1.165, 1.54) is 10.1 Å². The number of rotatable bonds is 1. The fourth-order valence-corrected chi connectivity index (χ4v) is 1.98. The van der Waals surface area contributed by atoms with E-state index >= 15 is 0 Å². The molecule has 0 aliphatic heterocycles. The maximum atomic E-state index is 11.7. The second kappa shape index (κ2) is 3.92. The van der Waals surface area contributed by atoms with Gasteiger partial charge in [-0.2, -0.15) is 4.52 Å². The number of nitrogens with one attached hydrogen (secondary N) is 2. The number of aromatic nitrogens is 4. The monoisotopic (exact) mass is 258 g/mol. The highest BCUT2D eigenvalue weighted by atomic mass is 32.1. The van der Waals surface area contributed by atoms with Crippen LogP contribution in [0.15, 0.2) is 35.1 Å². The summed E-state index contributed by atoms with van der Waals surface area (Å²) in [5.74, 6) is 0. The van der Waals surface area contributed by atoms with Crippen molar-refractivity contribution >= 4 is 17.9 Å². The number of benzene rings is 1. The average molecular weight is 258 g/mol. The largest absolute Gasteiger partial charge is 0.348 e. The van der Waals surface area contributed by atoms with Gasteiger partial charge in [0, 0.05) is 6.07 Å². The Morgan fingerprint density at radius 2 is 2.00 bits per heavy atom. The quantitative estimate of drug-likeness (QED) is 0.656. The summed E-state index contributed by atoms with van der Waals surface area (Å²) in [6.45, 7) is 2.03. The molecule has 0 saturated heterocycles. The zero-order chi connectivity index (χ0) is 12.7. The molecule has 0 radical (unpaired) electrons. The van der Waals surface area contributed by atoms with E-state index in [9.17, 15) is 4.79 Å². The number of hydrogen-bond acceptors (Lipinski definition) is 3. The van der Waals surface area contributed by atoms with Gasteiger partial charge in [0.05, 0.1) is 5.69 Å². The Labute approximate surface area is 107 Å². The van der Waals surface area contributed by atoms with Crippen molar-refractivity contribution < 1.29 is 0 Å². The van der Waals surface area contributed by atoms with Crippen LogP contribution in [0, 0.1) is 11.7 Å². The Bertz CT molecular complexity index is 826. The van der Waals surface area contributed by atoms with Gasteiger partial charge >= 0.3 is 5.69 Å². The molecule has 0 atom stereocenters. The molecule has 0 saturated carbocycles. The Kier molecular flexibility index (Phi) is 2.38. The fourth-order valence-electron chi connectivity index (χ4n) is 1.80. The van der Waals surface area contributed by atoms with E-state index in [0.29, 0.717) is 5.65 Å². The van der Waals surface area contributed by atoms with Crippen molar-refractivity contribution in [2.75, 3.05) is 0 Å². The van der Waals surface area contributed by atoms with Gasteiger partial charge in [-0.3, -0.25) is 10.1 Å². The Morgan fingerprint density at radius 1 is 1.28 bits per heavy atom. The van der Waals surface area contributed by atoms with Gasteiger partial charge in [0.2, 0.25) is 4.77 Å². The van der Waals surface area contributed by atoms with E-state index in [1.54, 1.807) is 6.07 Å². The number of hydrogen-bond donors (Lipinski definition) is 2. The van der Waals surface area contributed by atoms with Crippen LogP contribution in [0.5, 0.6) is 0 Å². The molecular formula is C12H10N4OS. The molecule has 90 valence electrons. The Morgan fingerprint density at radius 3 is 2.72 bits per heavy atom. The van der Waals surface area contributed by atoms with Crippen molar-refractivity contribution in [3.63, 3.8) is 0 Å². The Balaban J connectivity index is 2.25.